The van der Waals surface area contributed by atoms with Crippen LogP contribution in [0, 0.1) is 11.3 Å². The second-order valence-corrected chi connectivity index (χ2v) is 10.1. The zero-order valence-electron chi connectivity index (χ0n) is 20.3. The maximum Gasteiger partial charge on any atom is 0.174 e. The molecule has 1 rings (SSSR count). The van der Waals surface area contributed by atoms with Crippen LogP contribution in [-0.2, 0) is 17.6 Å². The summed E-state index contributed by atoms with van der Waals surface area (Å²) in [6, 6.07) is 1.82. The predicted octanol–water partition coefficient (Wildman–Crippen LogP) is 6.34. The van der Waals surface area contributed by atoms with Crippen LogP contribution in [0.4, 0.5) is 0 Å². The highest BCUT2D eigenvalue weighted by Gasteiger charge is 2.27. The average molecular weight is 495 g/mol. The number of allylic oxidation sites excluding steroid dienone is 3. The van der Waals surface area contributed by atoms with Gasteiger partial charge in [0.05, 0.1) is 11.6 Å². The summed E-state index contributed by atoms with van der Waals surface area (Å²) in [5, 5.41) is 10.4. The molecular weight excluding hydrogens is 454 g/mol. The fraction of sp³-hybridized carbons (Fsp3) is 0.577. The lowest BCUT2D eigenvalue weighted by Gasteiger charge is -2.22. The number of rotatable bonds is 13. The van der Waals surface area contributed by atoms with Gasteiger partial charge >= 0.3 is 0 Å². The van der Waals surface area contributed by atoms with E-state index in [0.29, 0.717) is 5.75 Å². The number of hydrogen-bond acceptors (Lipinski definition) is 4. The molecule has 0 amide bonds. The molecule has 1 N–H and O–H groups in total. The highest BCUT2D eigenvalue weighted by atomic mass is 79.9. The molecule has 0 aromatic heterocycles. The Morgan fingerprint density at radius 2 is 2.03 bits per heavy atom. The van der Waals surface area contributed by atoms with Crippen LogP contribution < -0.4 is 4.74 Å². The Hall–Kier alpha value is -1.59. The summed E-state index contributed by atoms with van der Waals surface area (Å²) in [6.07, 6.45) is 8.41. The van der Waals surface area contributed by atoms with Gasteiger partial charge in [-0.05, 0) is 100 Å². The maximum atomic E-state index is 12.5. The third kappa shape index (κ3) is 8.12. The molecule has 5 heteroatoms. The fourth-order valence-electron chi connectivity index (χ4n) is 3.63. The van der Waals surface area contributed by atoms with Crippen LogP contribution in [0.3, 0.4) is 0 Å². The van der Waals surface area contributed by atoms with E-state index in [-0.39, 0.29) is 17.5 Å². The van der Waals surface area contributed by atoms with Gasteiger partial charge in [-0.3, -0.25) is 4.79 Å². The lowest BCUT2D eigenvalue weighted by Crippen LogP contribution is -2.27. The summed E-state index contributed by atoms with van der Waals surface area (Å²) in [5.41, 5.74) is 3.10. The van der Waals surface area contributed by atoms with Crippen molar-refractivity contribution in [3.63, 3.8) is 0 Å². The summed E-state index contributed by atoms with van der Waals surface area (Å²) < 4.78 is 6.20. The first-order valence-corrected chi connectivity index (χ1v) is 11.8. The highest BCUT2D eigenvalue weighted by molar-refractivity contribution is 9.10. The number of phenols is 1. The van der Waals surface area contributed by atoms with Crippen molar-refractivity contribution in [3.05, 3.63) is 46.0 Å². The van der Waals surface area contributed by atoms with E-state index >= 15 is 0 Å². The number of ketones is 1. The molecular formula is C26H40BrNO3. The smallest absolute Gasteiger partial charge is 0.174 e. The van der Waals surface area contributed by atoms with Crippen LogP contribution in [-0.4, -0.2) is 43.5 Å². The Kier molecular flexibility index (Phi) is 11.0. The van der Waals surface area contributed by atoms with E-state index in [2.05, 4.69) is 54.5 Å². The van der Waals surface area contributed by atoms with E-state index < -0.39 is 5.41 Å². The monoisotopic (exact) mass is 493 g/mol. The van der Waals surface area contributed by atoms with Gasteiger partial charge in [-0.1, -0.05) is 24.6 Å². The number of carbonyl (C=O) groups is 1. The molecule has 0 fully saturated rings. The minimum Gasteiger partial charge on any atom is -0.504 e. The molecule has 0 saturated carbocycles. The van der Waals surface area contributed by atoms with Crippen molar-refractivity contribution < 1.29 is 14.6 Å². The number of aromatic hydroxyl groups is 1. The Bertz CT molecular complexity index is 796. The van der Waals surface area contributed by atoms with Crippen LogP contribution >= 0.6 is 15.9 Å². The maximum absolute atomic E-state index is 12.5. The second kappa shape index (κ2) is 12.4. The van der Waals surface area contributed by atoms with E-state index in [0.717, 1.165) is 48.7 Å². The van der Waals surface area contributed by atoms with Gasteiger partial charge in [-0.25, -0.2) is 0 Å². The van der Waals surface area contributed by atoms with Crippen LogP contribution in [0.25, 0.3) is 0 Å². The standard InChI is InChI=1S/C26H40BrNO3/c1-9-26(4,5)25(30)19(3)12-10-11-18(2)13-14-20-17-22(29)24(31-8)23(27)21(20)15-16-28(6)7/h9,13,17,19,29H,1,10-12,14-16H2,2-8H3/b18-13+. The first-order chi connectivity index (χ1) is 14.4. The van der Waals surface area contributed by atoms with Crippen LogP contribution in [0.1, 0.15) is 58.1 Å². The van der Waals surface area contributed by atoms with Gasteiger partial charge < -0.3 is 14.7 Å². The normalized spacial score (nSPS) is 13.4. The third-order valence-electron chi connectivity index (χ3n) is 5.88. The Balaban J connectivity index is 2.83. The number of ether oxygens (including phenoxy) is 1. The van der Waals surface area contributed by atoms with Gasteiger partial charge in [-0.15, -0.1) is 6.58 Å². The molecule has 1 aromatic carbocycles. The first kappa shape index (κ1) is 27.4. The van der Waals surface area contributed by atoms with Gasteiger partial charge in [0.25, 0.3) is 0 Å². The van der Waals surface area contributed by atoms with Gasteiger partial charge in [0, 0.05) is 17.9 Å². The van der Waals surface area contributed by atoms with E-state index in [1.165, 1.54) is 11.1 Å². The summed E-state index contributed by atoms with van der Waals surface area (Å²) in [6.45, 7) is 12.7. The van der Waals surface area contributed by atoms with Gasteiger partial charge in [-0.2, -0.15) is 0 Å². The molecule has 1 aromatic rings. The van der Waals surface area contributed by atoms with Gasteiger partial charge in [0.15, 0.2) is 11.5 Å². The molecule has 0 aliphatic carbocycles. The van der Waals surface area contributed by atoms with Gasteiger partial charge in [0.2, 0.25) is 0 Å². The number of carbonyl (C=O) groups excluding carboxylic acids is 1. The van der Waals surface area contributed by atoms with Crippen molar-refractivity contribution in [1.82, 2.24) is 4.90 Å². The summed E-state index contributed by atoms with van der Waals surface area (Å²) >= 11 is 3.63. The number of phenolic OH excluding ortho intramolecular Hbond substituents is 1. The number of hydrogen-bond donors (Lipinski definition) is 1. The van der Waals surface area contributed by atoms with E-state index in [9.17, 15) is 9.90 Å². The van der Waals surface area contributed by atoms with Gasteiger partial charge in [0.1, 0.15) is 5.78 Å². The Morgan fingerprint density at radius 1 is 1.39 bits per heavy atom. The number of nitrogens with zero attached hydrogens (tertiary/aromatic N) is 1. The lowest BCUT2D eigenvalue weighted by molar-refractivity contribution is -0.128. The topological polar surface area (TPSA) is 49.8 Å². The number of halogens is 1. The molecule has 174 valence electrons. The Morgan fingerprint density at radius 3 is 2.58 bits per heavy atom. The predicted molar refractivity (Wildman–Crippen MR) is 134 cm³/mol. The fourth-order valence-corrected chi connectivity index (χ4v) is 4.45. The average Bonchev–Trinajstić information content (AvgIpc) is 2.70. The molecule has 1 unspecified atom stereocenters. The number of likely N-dealkylation sites (N-methyl/N-ethyl adjacent to an activating group) is 1. The SMILES string of the molecule is C=CC(C)(C)C(=O)C(C)CCC/C(C)=C/Cc1cc(O)c(OC)c(Br)c1CCN(C)C. The van der Waals surface area contributed by atoms with Crippen molar-refractivity contribution in [2.24, 2.45) is 11.3 Å². The molecule has 31 heavy (non-hydrogen) atoms. The first-order valence-electron chi connectivity index (χ1n) is 11.0. The number of benzene rings is 1. The molecule has 0 radical (unpaired) electrons. The molecule has 1 atom stereocenters. The summed E-state index contributed by atoms with van der Waals surface area (Å²) in [4.78, 5) is 14.7. The number of Topliss-reactive ketones (excluding diaryl/α,β-unsaturated/α-hetero) is 1. The minimum absolute atomic E-state index is 0.0351. The second-order valence-electron chi connectivity index (χ2n) is 9.27. The van der Waals surface area contributed by atoms with Crippen molar-refractivity contribution in [2.45, 2.75) is 59.8 Å². The minimum atomic E-state index is -0.461. The summed E-state index contributed by atoms with van der Waals surface area (Å²) in [7, 11) is 5.68. The van der Waals surface area contributed by atoms with Crippen molar-refractivity contribution >= 4 is 21.7 Å². The molecule has 0 aliphatic heterocycles. The zero-order chi connectivity index (χ0) is 23.8. The summed E-state index contributed by atoms with van der Waals surface area (Å²) in [5.74, 6) is 0.932. The highest BCUT2D eigenvalue weighted by Crippen LogP contribution is 2.40. The van der Waals surface area contributed by atoms with Crippen molar-refractivity contribution in [3.8, 4) is 11.5 Å². The lowest BCUT2D eigenvalue weighted by atomic mass is 9.80. The van der Waals surface area contributed by atoms with Crippen molar-refractivity contribution in [1.29, 1.82) is 0 Å². The molecule has 0 spiro atoms. The largest absolute Gasteiger partial charge is 0.504 e. The van der Waals surface area contributed by atoms with Crippen LogP contribution in [0.15, 0.2) is 34.8 Å². The van der Waals surface area contributed by atoms with E-state index in [1.807, 2.05) is 26.8 Å². The quantitative estimate of drug-likeness (QED) is 0.325. The third-order valence-corrected chi connectivity index (χ3v) is 6.72. The molecule has 0 saturated heterocycles. The zero-order valence-corrected chi connectivity index (χ0v) is 21.9. The van der Waals surface area contributed by atoms with Crippen LogP contribution in [0.2, 0.25) is 0 Å². The van der Waals surface area contributed by atoms with E-state index in [4.69, 9.17) is 4.74 Å². The Labute approximate surface area is 197 Å². The molecule has 0 heterocycles. The molecule has 4 nitrogen and oxygen atoms in total. The molecule has 0 bridgehead atoms. The molecule has 0 aliphatic rings. The number of methoxy groups -OCH3 is 1. The van der Waals surface area contributed by atoms with Crippen LogP contribution in [0.5, 0.6) is 11.5 Å². The van der Waals surface area contributed by atoms with E-state index in [1.54, 1.807) is 13.2 Å². The van der Waals surface area contributed by atoms with Crippen molar-refractivity contribution in [2.75, 3.05) is 27.7 Å².